The fourth-order valence-electron chi connectivity index (χ4n) is 3.35. The molecule has 1 heterocycles. The summed E-state index contributed by atoms with van der Waals surface area (Å²) in [6, 6.07) is 17.3. The number of hydrogen-bond acceptors (Lipinski definition) is 2. The van der Waals surface area contributed by atoms with Crippen molar-refractivity contribution in [2.75, 3.05) is 6.61 Å². The van der Waals surface area contributed by atoms with E-state index in [1.807, 2.05) is 36.4 Å². The fourth-order valence-corrected chi connectivity index (χ4v) is 3.35. The molecule has 164 valence electrons. The lowest BCUT2D eigenvalue weighted by Gasteiger charge is -2.05. The second-order valence-corrected chi connectivity index (χ2v) is 7.45. The van der Waals surface area contributed by atoms with Gasteiger partial charge in [-0.2, -0.15) is 0 Å². The Morgan fingerprint density at radius 3 is 2.33 bits per heavy atom. The van der Waals surface area contributed by atoms with Crippen molar-refractivity contribution < 1.29 is 17.9 Å². The zero-order valence-corrected chi connectivity index (χ0v) is 17.7. The Hall–Kier alpha value is -4.04. The molecule has 0 saturated carbocycles. The van der Waals surface area contributed by atoms with E-state index in [0.717, 1.165) is 41.5 Å². The van der Waals surface area contributed by atoms with Crippen LogP contribution in [0, 0.1) is 29.3 Å². The molecule has 0 radical (unpaired) electrons. The lowest BCUT2D eigenvalue weighted by atomic mass is 10.0. The SMILES string of the molecule is C=CCOc1ccc(CCc2ccc(C#Cc3ccc4c(F)c(F)c(F)cc4c3)cc2)nc1. The van der Waals surface area contributed by atoms with Crippen molar-refractivity contribution in [1.82, 2.24) is 4.98 Å². The zero-order valence-electron chi connectivity index (χ0n) is 17.7. The van der Waals surface area contributed by atoms with Gasteiger partial charge in [0.05, 0.1) is 6.20 Å². The number of ether oxygens (including phenoxy) is 1. The van der Waals surface area contributed by atoms with Gasteiger partial charge < -0.3 is 4.74 Å². The second kappa shape index (κ2) is 10.1. The topological polar surface area (TPSA) is 22.1 Å². The van der Waals surface area contributed by atoms with Crippen molar-refractivity contribution in [1.29, 1.82) is 0 Å². The summed E-state index contributed by atoms with van der Waals surface area (Å²) in [5.41, 5.74) is 3.54. The van der Waals surface area contributed by atoms with Crippen LogP contribution in [0.1, 0.15) is 22.4 Å². The predicted octanol–water partition coefficient (Wildman–Crippen LogP) is 6.40. The molecule has 0 saturated heterocycles. The standard InChI is InChI=1S/C28H20F3NO/c1-2-15-33-24-13-12-23(32-18-24)11-9-20-5-3-19(4-6-20)7-8-21-10-14-25-22(16-21)17-26(29)28(31)27(25)30/h2-6,10,12-14,16-18H,1,9,11,15H2. The van der Waals surface area contributed by atoms with Crippen molar-refractivity contribution >= 4 is 10.8 Å². The average Bonchev–Trinajstić information content (AvgIpc) is 2.84. The predicted molar refractivity (Wildman–Crippen MR) is 124 cm³/mol. The van der Waals surface area contributed by atoms with E-state index in [-0.39, 0.29) is 10.8 Å². The van der Waals surface area contributed by atoms with Crippen LogP contribution in [-0.4, -0.2) is 11.6 Å². The summed E-state index contributed by atoms with van der Waals surface area (Å²) in [6.07, 6.45) is 5.04. The van der Waals surface area contributed by atoms with Crippen LogP contribution in [0.4, 0.5) is 13.2 Å². The Morgan fingerprint density at radius 2 is 1.61 bits per heavy atom. The number of aryl methyl sites for hydroxylation is 2. The minimum Gasteiger partial charge on any atom is -0.488 e. The quantitative estimate of drug-likeness (QED) is 0.195. The maximum atomic E-state index is 13.8. The van der Waals surface area contributed by atoms with E-state index in [1.165, 1.54) is 6.07 Å². The van der Waals surface area contributed by atoms with Crippen LogP contribution in [-0.2, 0) is 12.8 Å². The monoisotopic (exact) mass is 443 g/mol. The number of halogens is 3. The molecule has 0 aliphatic heterocycles. The third-order valence-corrected chi connectivity index (χ3v) is 5.11. The molecule has 0 unspecified atom stereocenters. The molecule has 0 spiro atoms. The first-order chi connectivity index (χ1) is 16.0. The molecule has 0 aliphatic rings. The summed E-state index contributed by atoms with van der Waals surface area (Å²) in [6.45, 7) is 4.07. The molecule has 2 nitrogen and oxygen atoms in total. The normalized spacial score (nSPS) is 10.5. The van der Waals surface area contributed by atoms with Crippen LogP contribution in [0.25, 0.3) is 10.8 Å². The second-order valence-electron chi connectivity index (χ2n) is 7.45. The average molecular weight is 443 g/mol. The van der Waals surface area contributed by atoms with Crippen LogP contribution in [0.2, 0.25) is 0 Å². The van der Waals surface area contributed by atoms with Crippen LogP contribution in [0.15, 0.2) is 79.5 Å². The Kier molecular flexibility index (Phi) is 6.75. The number of benzene rings is 3. The Morgan fingerprint density at radius 1 is 0.848 bits per heavy atom. The largest absolute Gasteiger partial charge is 0.488 e. The fraction of sp³-hybridized carbons (Fsp3) is 0.107. The Bertz CT molecular complexity index is 1350. The maximum absolute atomic E-state index is 13.8. The summed E-state index contributed by atoms with van der Waals surface area (Å²) in [7, 11) is 0. The van der Waals surface area contributed by atoms with Crippen molar-refractivity contribution in [3.8, 4) is 17.6 Å². The van der Waals surface area contributed by atoms with Gasteiger partial charge in [0, 0.05) is 22.2 Å². The highest BCUT2D eigenvalue weighted by Gasteiger charge is 2.13. The first-order valence-electron chi connectivity index (χ1n) is 10.4. The molecular weight excluding hydrogens is 423 g/mol. The molecule has 0 atom stereocenters. The molecule has 4 rings (SSSR count). The van der Waals surface area contributed by atoms with E-state index in [2.05, 4.69) is 23.4 Å². The van der Waals surface area contributed by atoms with Gasteiger partial charge in [-0.25, -0.2) is 13.2 Å². The van der Waals surface area contributed by atoms with Gasteiger partial charge in [0.2, 0.25) is 0 Å². The van der Waals surface area contributed by atoms with E-state index >= 15 is 0 Å². The summed E-state index contributed by atoms with van der Waals surface area (Å²) in [5.74, 6) is 2.88. The van der Waals surface area contributed by atoms with Gasteiger partial charge in [-0.3, -0.25) is 4.98 Å². The van der Waals surface area contributed by atoms with E-state index in [0.29, 0.717) is 12.2 Å². The third-order valence-electron chi connectivity index (χ3n) is 5.11. The van der Waals surface area contributed by atoms with E-state index in [9.17, 15) is 13.2 Å². The summed E-state index contributed by atoms with van der Waals surface area (Å²) >= 11 is 0. The summed E-state index contributed by atoms with van der Waals surface area (Å²) < 4.78 is 46.2. The van der Waals surface area contributed by atoms with Crippen molar-refractivity contribution in [2.45, 2.75) is 12.8 Å². The molecule has 0 N–H and O–H groups in total. The highest BCUT2D eigenvalue weighted by Crippen LogP contribution is 2.24. The highest BCUT2D eigenvalue weighted by molar-refractivity contribution is 5.84. The van der Waals surface area contributed by atoms with Gasteiger partial charge in [-0.05, 0) is 66.3 Å². The van der Waals surface area contributed by atoms with E-state index in [4.69, 9.17) is 4.74 Å². The minimum atomic E-state index is -1.47. The number of pyridine rings is 1. The molecule has 33 heavy (non-hydrogen) atoms. The molecule has 3 aromatic carbocycles. The molecule has 1 aromatic heterocycles. The first kappa shape index (κ1) is 22.2. The first-order valence-corrected chi connectivity index (χ1v) is 10.4. The van der Waals surface area contributed by atoms with Crippen LogP contribution < -0.4 is 4.74 Å². The smallest absolute Gasteiger partial charge is 0.195 e. The zero-order chi connectivity index (χ0) is 23.2. The number of hydrogen-bond donors (Lipinski definition) is 0. The molecule has 5 heteroatoms. The summed E-state index contributed by atoms with van der Waals surface area (Å²) in [4.78, 5) is 4.42. The third kappa shape index (κ3) is 5.42. The number of fused-ring (bicyclic) bond motifs is 1. The molecule has 4 aromatic rings. The van der Waals surface area contributed by atoms with Crippen molar-refractivity contribution in [2.24, 2.45) is 0 Å². The van der Waals surface area contributed by atoms with Crippen molar-refractivity contribution in [3.63, 3.8) is 0 Å². The number of nitrogens with zero attached hydrogens (tertiary/aromatic N) is 1. The molecule has 0 amide bonds. The summed E-state index contributed by atoms with van der Waals surface area (Å²) in [5, 5.41) is 0.291. The van der Waals surface area contributed by atoms with Gasteiger partial charge in [0.1, 0.15) is 12.4 Å². The molecule has 0 aliphatic carbocycles. The number of rotatable bonds is 6. The molecule has 0 bridgehead atoms. The van der Waals surface area contributed by atoms with Crippen molar-refractivity contribution in [3.05, 3.63) is 119 Å². The van der Waals surface area contributed by atoms with Crippen LogP contribution in [0.5, 0.6) is 5.75 Å². The van der Waals surface area contributed by atoms with Gasteiger partial charge in [-0.1, -0.05) is 42.7 Å². The van der Waals surface area contributed by atoms with Crippen LogP contribution >= 0.6 is 0 Å². The highest BCUT2D eigenvalue weighted by atomic mass is 19.2. The van der Waals surface area contributed by atoms with E-state index < -0.39 is 17.5 Å². The number of aromatic nitrogens is 1. The van der Waals surface area contributed by atoms with Gasteiger partial charge in [0.15, 0.2) is 17.5 Å². The van der Waals surface area contributed by atoms with Gasteiger partial charge >= 0.3 is 0 Å². The maximum Gasteiger partial charge on any atom is 0.195 e. The van der Waals surface area contributed by atoms with Gasteiger partial charge in [0.25, 0.3) is 0 Å². The minimum absolute atomic E-state index is 0.0252. The van der Waals surface area contributed by atoms with Gasteiger partial charge in [-0.15, -0.1) is 0 Å². The lowest BCUT2D eigenvalue weighted by Crippen LogP contribution is -1.97. The Balaban J connectivity index is 1.40. The molecule has 0 fully saturated rings. The van der Waals surface area contributed by atoms with E-state index in [1.54, 1.807) is 24.4 Å². The van der Waals surface area contributed by atoms with Crippen LogP contribution in [0.3, 0.4) is 0 Å². The lowest BCUT2D eigenvalue weighted by molar-refractivity contribution is 0.361. The molecular formula is C28H20F3NO. The Labute approximate surface area is 190 Å².